The third-order valence-electron chi connectivity index (χ3n) is 5.65. The Kier molecular flexibility index (Phi) is 16.4. The largest absolute Gasteiger partial charge is 0.504 e. The van der Waals surface area contributed by atoms with E-state index in [1.807, 2.05) is 0 Å². The Hall–Kier alpha value is -1.97. The van der Waals surface area contributed by atoms with Crippen molar-refractivity contribution in [3.05, 3.63) is 35.9 Å². The lowest BCUT2D eigenvalue weighted by Gasteiger charge is -2.08. The molecule has 1 aromatic carbocycles. The predicted octanol–water partition coefficient (Wildman–Crippen LogP) is 7.44. The first-order valence-electron chi connectivity index (χ1n) is 12.4. The number of methoxy groups -OCH3 is 1. The van der Waals surface area contributed by atoms with Crippen molar-refractivity contribution >= 4 is 5.91 Å². The summed E-state index contributed by atoms with van der Waals surface area (Å²) in [6, 6.07) is 5.13. The molecule has 0 radical (unpaired) electrons. The number of amides is 1. The van der Waals surface area contributed by atoms with Crippen LogP contribution in [0.5, 0.6) is 11.5 Å². The van der Waals surface area contributed by atoms with E-state index in [0.717, 1.165) is 18.4 Å². The lowest BCUT2D eigenvalue weighted by Crippen LogP contribution is -2.22. The SMILES string of the molecule is CCCCCCCCC/C=C\CCCCCCCC(=O)NCc1ccc(O)c(OC)c1. The number of rotatable bonds is 19. The van der Waals surface area contributed by atoms with Crippen LogP contribution in [0.25, 0.3) is 0 Å². The van der Waals surface area contributed by atoms with Crippen molar-refractivity contribution in [1.82, 2.24) is 5.32 Å². The van der Waals surface area contributed by atoms with E-state index < -0.39 is 0 Å². The molecule has 0 aliphatic rings. The standard InChI is InChI=1S/C27H45NO3/c1-3-4-5-6-7-8-9-10-11-12-13-14-15-16-17-18-19-27(30)28-23-24-20-21-25(29)26(22-24)31-2/h11-12,20-22,29H,3-10,13-19,23H2,1-2H3,(H,28,30)/b12-11-. The fourth-order valence-corrected chi connectivity index (χ4v) is 3.65. The van der Waals surface area contributed by atoms with Gasteiger partial charge in [0, 0.05) is 13.0 Å². The molecule has 0 heterocycles. The molecular formula is C27H45NO3. The lowest BCUT2D eigenvalue weighted by molar-refractivity contribution is -0.121. The van der Waals surface area contributed by atoms with Gasteiger partial charge in [-0.2, -0.15) is 0 Å². The molecule has 0 aliphatic carbocycles. The molecule has 0 aromatic heterocycles. The summed E-state index contributed by atoms with van der Waals surface area (Å²) in [5, 5.41) is 12.5. The minimum atomic E-state index is 0.0836. The third-order valence-corrected chi connectivity index (χ3v) is 5.65. The van der Waals surface area contributed by atoms with Crippen LogP contribution in [0.4, 0.5) is 0 Å². The van der Waals surface area contributed by atoms with Gasteiger partial charge in [-0.15, -0.1) is 0 Å². The van der Waals surface area contributed by atoms with E-state index in [2.05, 4.69) is 24.4 Å². The molecule has 4 nitrogen and oxygen atoms in total. The van der Waals surface area contributed by atoms with E-state index in [1.165, 1.54) is 84.2 Å². The summed E-state index contributed by atoms with van der Waals surface area (Å²) in [4.78, 5) is 12.0. The van der Waals surface area contributed by atoms with Crippen LogP contribution in [0, 0.1) is 0 Å². The molecule has 0 aliphatic heterocycles. The maximum absolute atomic E-state index is 12.0. The van der Waals surface area contributed by atoms with Crippen LogP contribution in [-0.2, 0) is 11.3 Å². The highest BCUT2D eigenvalue weighted by molar-refractivity contribution is 5.75. The van der Waals surface area contributed by atoms with Crippen LogP contribution in [0.15, 0.2) is 30.4 Å². The van der Waals surface area contributed by atoms with Crippen molar-refractivity contribution in [1.29, 1.82) is 0 Å². The fourth-order valence-electron chi connectivity index (χ4n) is 3.65. The van der Waals surface area contributed by atoms with E-state index in [1.54, 1.807) is 18.2 Å². The molecule has 1 rings (SSSR count). The van der Waals surface area contributed by atoms with Crippen LogP contribution >= 0.6 is 0 Å². The monoisotopic (exact) mass is 431 g/mol. The average Bonchev–Trinajstić information content (AvgIpc) is 2.78. The van der Waals surface area contributed by atoms with Crippen LogP contribution in [0.3, 0.4) is 0 Å². The Morgan fingerprint density at radius 3 is 2.10 bits per heavy atom. The Labute approximate surface area is 190 Å². The van der Waals surface area contributed by atoms with Gasteiger partial charge in [0.25, 0.3) is 0 Å². The number of benzene rings is 1. The van der Waals surface area contributed by atoms with Gasteiger partial charge in [0.15, 0.2) is 11.5 Å². The molecule has 1 aromatic rings. The van der Waals surface area contributed by atoms with Gasteiger partial charge >= 0.3 is 0 Å². The highest BCUT2D eigenvalue weighted by atomic mass is 16.5. The van der Waals surface area contributed by atoms with Crippen molar-refractivity contribution in [3.63, 3.8) is 0 Å². The zero-order valence-corrected chi connectivity index (χ0v) is 20.0. The number of allylic oxidation sites excluding steroid dienone is 2. The Bertz CT molecular complexity index is 612. The zero-order chi connectivity index (χ0) is 22.6. The number of hydrogen-bond acceptors (Lipinski definition) is 3. The molecule has 0 saturated heterocycles. The molecule has 4 heteroatoms. The molecule has 0 saturated carbocycles. The highest BCUT2D eigenvalue weighted by Gasteiger charge is 2.05. The van der Waals surface area contributed by atoms with Crippen LogP contribution in [0.2, 0.25) is 0 Å². The van der Waals surface area contributed by atoms with Crippen LogP contribution in [0.1, 0.15) is 109 Å². The summed E-state index contributed by atoms with van der Waals surface area (Å²) in [5.74, 6) is 0.626. The second-order valence-electron chi connectivity index (χ2n) is 8.47. The van der Waals surface area contributed by atoms with Gasteiger partial charge < -0.3 is 15.2 Å². The van der Waals surface area contributed by atoms with Gasteiger partial charge in [0.05, 0.1) is 7.11 Å². The molecule has 0 fully saturated rings. The second kappa shape index (κ2) is 18.8. The van der Waals surface area contributed by atoms with E-state index in [-0.39, 0.29) is 11.7 Å². The van der Waals surface area contributed by atoms with Crippen molar-refractivity contribution in [3.8, 4) is 11.5 Å². The number of ether oxygens (including phenoxy) is 1. The minimum Gasteiger partial charge on any atom is -0.504 e. The van der Waals surface area contributed by atoms with E-state index >= 15 is 0 Å². The number of carbonyl (C=O) groups excluding carboxylic acids is 1. The quantitative estimate of drug-likeness (QED) is 0.177. The van der Waals surface area contributed by atoms with Crippen molar-refractivity contribution in [2.45, 2.75) is 110 Å². The first-order valence-corrected chi connectivity index (χ1v) is 12.4. The Morgan fingerprint density at radius 1 is 0.903 bits per heavy atom. The van der Waals surface area contributed by atoms with Crippen molar-refractivity contribution < 1.29 is 14.6 Å². The normalized spacial score (nSPS) is 11.2. The summed E-state index contributed by atoms with van der Waals surface area (Å²) in [7, 11) is 1.52. The maximum atomic E-state index is 12.0. The third kappa shape index (κ3) is 14.6. The minimum absolute atomic E-state index is 0.0836. The number of nitrogens with one attached hydrogen (secondary N) is 1. The number of aromatic hydroxyl groups is 1. The molecule has 2 N–H and O–H groups in total. The number of hydrogen-bond donors (Lipinski definition) is 2. The molecular weight excluding hydrogens is 386 g/mol. The van der Waals surface area contributed by atoms with Crippen LogP contribution < -0.4 is 10.1 Å². The molecule has 0 spiro atoms. The van der Waals surface area contributed by atoms with Gasteiger partial charge in [0.2, 0.25) is 5.91 Å². The van der Waals surface area contributed by atoms with E-state index in [4.69, 9.17) is 4.74 Å². The first kappa shape index (κ1) is 27.1. The Balaban J connectivity index is 1.91. The highest BCUT2D eigenvalue weighted by Crippen LogP contribution is 2.26. The van der Waals surface area contributed by atoms with Gasteiger partial charge in [-0.25, -0.2) is 0 Å². The summed E-state index contributed by atoms with van der Waals surface area (Å²) in [6.45, 7) is 2.73. The van der Waals surface area contributed by atoms with Gasteiger partial charge in [-0.1, -0.05) is 82.9 Å². The number of phenolic OH excluding ortho intramolecular Hbond substituents is 1. The van der Waals surface area contributed by atoms with Crippen molar-refractivity contribution in [2.24, 2.45) is 0 Å². The maximum Gasteiger partial charge on any atom is 0.220 e. The van der Waals surface area contributed by atoms with Gasteiger partial charge in [-0.05, 0) is 49.8 Å². The molecule has 0 unspecified atom stereocenters. The topological polar surface area (TPSA) is 58.6 Å². The number of unbranched alkanes of at least 4 members (excludes halogenated alkanes) is 12. The number of phenols is 1. The zero-order valence-electron chi connectivity index (χ0n) is 20.0. The summed E-state index contributed by atoms with van der Waals surface area (Å²) < 4.78 is 5.09. The van der Waals surface area contributed by atoms with Gasteiger partial charge in [-0.3, -0.25) is 4.79 Å². The van der Waals surface area contributed by atoms with Crippen LogP contribution in [-0.4, -0.2) is 18.1 Å². The lowest BCUT2D eigenvalue weighted by atomic mass is 10.1. The van der Waals surface area contributed by atoms with Crippen molar-refractivity contribution in [2.75, 3.05) is 7.11 Å². The second-order valence-corrected chi connectivity index (χ2v) is 8.47. The molecule has 0 bridgehead atoms. The summed E-state index contributed by atoms with van der Waals surface area (Å²) in [5.41, 5.74) is 0.919. The summed E-state index contributed by atoms with van der Waals surface area (Å²) >= 11 is 0. The van der Waals surface area contributed by atoms with Gasteiger partial charge in [0.1, 0.15) is 0 Å². The predicted molar refractivity (Wildman–Crippen MR) is 131 cm³/mol. The smallest absolute Gasteiger partial charge is 0.220 e. The van der Waals surface area contributed by atoms with E-state index in [0.29, 0.717) is 18.7 Å². The molecule has 31 heavy (non-hydrogen) atoms. The average molecular weight is 432 g/mol. The Morgan fingerprint density at radius 2 is 1.48 bits per heavy atom. The molecule has 1 amide bonds. The first-order chi connectivity index (χ1) is 15.2. The fraction of sp³-hybridized carbons (Fsp3) is 0.667. The van der Waals surface area contributed by atoms with E-state index in [9.17, 15) is 9.90 Å². The number of carbonyl (C=O) groups is 1. The molecule has 0 atom stereocenters. The molecule has 176 valence electrons. The summed E-state index contributed by atoms with van der Waals surface area (Å²) in [6.07, 6.45) is 23.1.